The molecular weight excluding hydrogens is 453 g/mol. The summed E-state index contributed by atoms with van der Waals surface area (Å²) >= 11 is 7.44. The van der Waals surface area contributed by atoms with Crippen molar-refractivity contribution in [3.63, 3.8) is 0 Å². The van der Waals surface area contributed by atoms with E-state index in [0.29, 0.717) is 54.7 Å². The third-order valence-electron chi connectivity index (χ3n) is 5.04. The second-order valence-electron chi connectivity index (χ2n) is 7.27. The van der Waals surface area contributed by atoms with E-state index in [2.05, 4.69) is 15.5 Å². The molecule has 168 valence electrons. The van der Waals surface area contributed by atoms with Crippen molar-refractivity contribution < 1.29 is 13.9 Å². The van der Waals surface area contributed by atoms with Gasteiger partial charge in [0.25, 0.3) is 0 Å². The number of hydrogen-bond acceptors (Lipinski definition) is 6. The summed E-state index contributed by atoms with van der Waals surface area (Å²) < 4.78 is 21.2. The van der Waals surface area contributed by atoms with Crippen molar-refractivity contribution in [1.29, 1.82) is 0 Å². The minimum Gasteiger partial charge on any atom is -0.378 e. The van der Waals surface area contributed by atoms with E-state index in [9.17, 15) is 9.18 Å². The molecule has 1 saturated heterocycles. The van der Waals surface area contributed by atoms with Gasteiger partial charge in [-0.05, 0) is 36.8 Å². The molecule has 1 amide bonds. The molecule has 1 unspecified atom stereocenters. The maximum atomic E-state index is 14.0. The number of benzene rings is 2. The van der Waals surface area contributed by atoms with Gasteiger partial charge in [0.15, 0.2) is 5.16 Å². The van der Waals surface area contributed by atoms with Crippen LogP contribution < -0.4 is 10.2 Å². The molecule has 10 heteroatoms. The van der Waals surface area contributed by atoms with Crippen LogP contribution in [0, 0.1) is 5.82 Å². The van der Waals surface area contributed by atoms with Crippen molar-refractivity contribution in [3.8, 4) is 5.69 Å². The lowest BCUT2D eigenvalue weighted by Gasteiger charge is -2.28. The molecule has 0 saturated carbocycles. The van der Waals surface area contributed by atoms with Crippen LogP contribution >= 0.6 is 23.4 Å². The van der Waals surface area contributed by atoms with Crippen molar-refractivity contribution in [3.05, 3.63) is 64.9 Å². The average molecular weight is 476 g/mol. The summed E-state index contributed by atoms with van der Waals surface area (Å²) in [7, 11) is 0. The Hall–Kier alpha value is -2.62. The van der Waals surface area contributed by atoms with Gasteiger partial charge in [-0.2, -0.15) is 0 Å². The SMILES string of the molecule is CC(Sc1nnc(N2CCOCC2)n1-c1cccc(F)c1)C(=O)NCc1ccccc1Cl. The van der Waals surface area contributed by atoms with Crippen LogP contribution in [0.15, 0.2) is 53.7 Å². The van der Waals surface area contributed by atoms with Crippen LogP contribution in [-0.4, -0.2) is 52.2 Å². The fourth-order valence-corrected chi connectivity index (χ4v) is 4.42. The van der Waals surface area contributed by atoms with Crippen LogP contribution in [0.2, 0.25) is 5.02 Å². The first kappa shape index (κ1) is 22.6. The fraction of sp³-hybridized carbons (Fsp3) is 0.318. The summed E-state index contributed by atoms with van der Waals surface area (Å²) in [5.74, 6) is 0.0901. The van der Waals surface area contributed by atoms with Crippen molar-refractivity contribution in [2.24, 2.45) is 0 Å². The summed E-state index contributed by atoms with van der Waals surface area (Å²) in [6.07, 6.45) is 0. The second-order valence-corrected chi connectivity index (χ2v) is 8.98. The highest BCUT2D eigenvalue weighted by Gasteiger charge is 2.25. The summed E-state index contributed by atoms with van der Waals surface area (Å²) in [4.78, 5) is 14.8. The zero-order valence-corrected chi connectivity index (χ0v) is 19.1. The van der Waals surface area contributed by atoms with E-state index in [1.807, 2.05) is 23.1 Å². The van der Waals surface area contributed by atoms with E-state index in [1.54, 1.807) is 29.7 Å². The van der Waals surface area contributed by atoms with Crippen LogP contribution in [0.3, 0.4) is 0 Å². The largest absolute Gasteiger partial charge is 0.378 e. The first-order valence-electron chi connectivity index (χ1n) is 10.2. The zero-order valence-electron chi connectivity index (χ0n) is 17.5. The lowest BCUT2D eigenvalue weighted by Crippen LogP contribution is -2.38. The molecule has 1 aromatic heterocycles. The molecule has 32 heavy (non-hydrogen) atoms. The number of rotatable bonds is 7. The Bertz CT molecular complexity index is 1090. The maximum Gasteiger partial charge on any atom is 0.233 e. The van der Waals surface area contributed by atoms with Crippen molar-refractivity contribution in [2.45, 2.75) is 23.9 Å². The van der Waals surface area contributed by atoms with Crippen molar-refractivity contribution >= 4 is 35.2 Å². The molecule has 7 nitrogen and oxygen atoms in total. The first-order valence-corrected chi connectivity index (χ1v) is 11.5. The standard InChI is InChI=1S/C22H23ClFN5O2S/c1-15(20(30)25-14-16-5-2-3-8-19(16)23)32-22-27-26-21(28-9-11-31-12-10-28)29(22)18-7-4-6-17(24)13-18/h2-8,13,15H,9-12,14H2,1H3,(H,25,30). The predicted octanol–water partition coefficient (Wildman–Crippen LogP) is 3.69. The van der Waals surface area contributed by atoms with Gasteiger partial charge in [0.2, 0.25) is 11.9 Å². The van der Waals surface area contributed by atoms with Gasteiger partial charge >= 0.3 is 0 Å². The number of ether oxygens (including phenoxy) is 1. The quantitative estimate of drug-likeness (QED) is 0.525. The third-order valence-corrected chi connectivity index (χ3v) is 6.45. The van der Waals surface area contributed by atoms with Gasteiger partial charge in [-0.15, -0.1) is 10.2 Å². The smallest absolute Gasteiger partial charge is 0.233 e. The molecular formula is C22H23ClFN5O2S. The zero-order chi connectivity index (χ0) is 22.5. The van der Waals surface area contributed by atoms with E-state index in [4.69, 9.17) is 16.3 Å². The predicted molar refractivity (Wildman–Crippen MR) is 123 cm³/mol. The van der Waals surface area contributed by atoms with Crippen LogP contribution in [0.5, 0.6) is 0 Å². The van der Waals surface area contributed by atoms with E-state index >= 15 is 0 Å². The highest BCUT2D eigenvalue weighted by atomic mass is 35.5. The van der Waals surface area contributed by atoms with Gasteiger partial charge in [-0.3, -0.25) is 9.36 Å². The minimum atomic E-state index is -0.452. The van der Waals surface area contributed by atoms with Gasteiger partial charge in [-0.25, -0.2) is 4.39 Å². The Kier molecular flexibility index (Phi) is 7.29. The number of nitrogens with one attached hydrogen (secondary N) is 1. The number of carbonyl (C=O) groups excluding carboxylic acids is 1. The number of aromatic nitrogens is 3. The summed E-state index contributed by atoms with van der Waals surface area (Å²) in [6.45, 7) is 4.61. The number of carbonyl (C=O) groups is 1. The highest BCUT2D eigenvalue weighted by Crippen LogP contribution is 2.30. The lowest BCUT2D eigenvalue weighted by molar-refractivity contribution is -0.120. The van der Waals surface area contributed by atoms with E-state index in [1.165, 1.54) is 23.9 Å². The number of nitrogens with zero attached hydrogens (tertiary/aromatic N) is 4. The molecule has 2 aromatic carbocycles. The van der Waals surface area contributed by atoms with Crippen LogP contribution in [0.25, 0.3) is 5.69 Å². The Balaban J connectivity index is 1.54. The normalized spacial score (nSPS) is 14.9. The van der Waals surface area contributed by atoms with Gasteiger partial charge < -0.3 is 15.0 Å². The Morgan fingerprint density at radius 2 is 2.00 bits per heavy atom. The van der Waals surface area contributed by atoms with Crippen LogP contribution in [0.1, 0.15) is 12.5 Å². The number of halogens is 2. The molecule has 1 fully saturated rings. The number of morpholine rings is 1. The monoisotopic (exact) mass is 475 g/mol. The summed E-state index contributed by atoms with van der Waals surface area (Å²) in [5.41, 5.74) is 1.44. The number of hydrogen-bond donors (Lipinski definition) is 1. The number of amides is 1. The Labute approximate surface area is 194 Å². The molecule has 0 bridgehead atoms. The van der Waals surface area contributed by atoms with Gasteiger partial charge in [-0.1, -0.05) is 47.6 Å². The molecule has 3 aromatic rings. The molecule has 4 rings (SSSR count). The molecule has 0 aliphatic carbocycles. The van der Waals surface area contributed by atoms with Crippen molar-refractivity contribution in [1.82, 2.24) is 20.1 Å². The topological polar surface area (TPSA) is 72.3 Å². The lowest BCUT2D eigenvalue weighted by atomic mass is 10.2. The fourth-order valence-electron chi connectivity index (χ4n) is 3.33. The molecule has 0 spiro atoms. The maximum absolute atomic E-state index is 14.0. The molecule has 0 radical (unpaired) electrons. The summed E-state index contributed by atoms with van der Waals surface area (Å²) in [5, 5.41) is 12.3. The van der Waals surface area contributed by atoms with Gasteiger partial charge in [0, 0.05) is 24.7 Å². The Morgan fingerprint density at radius 3 is 2.75 bits per heavy atom. The van der Waals surface area contributed by atoms with Crippen LogP contribution in [0.4, 0.5) is 10.3 Å². The molecule has 1 atom stereocenters. The number of anilines is 1. The van der Waals surface area contributed by atoms with E-state index in [-0.39, 0.29) is 11.7 Å². The average Bonchev–Trinajstić information content (AvgIpc) is 3.22. The van der Waals surface area contributed by atoms with E-state index in [0.717, 1.165) is 5.56 Å². The van der Waals surface area contributed by atoms with Gasteiger partial charge in [0.05, 0.1) is 24.2 Å². The highest BCUT2D eigenvalue weighted by molar-refractivity contribution is 8.00. The van der Waals surface area contributed by atoms with Crippen LogP contribution in [-0.2, 0) is 16.1 Å². The number of thioether (sulfide) groups is 1. The minimum absolute atomic E-state index is 0.156. The van der Waals surface area contributed by atoms with Crippen molar-refractivity contribution in [2.75, 3.05) is 31.2 Å². The molecule has 1 N–H and O–H groups in total. The molecule has 1 aliphatic heterocycles. The second kappa shape index (κ2) is 10.3. The van der Waals surface area contributed by atoms with Gasteiger partial charge in [0.1, 0.15) is 5.82 Å². The Morgan fingerprint density at radius 1 is 1.22 bits per heavy atom. The molecule has 2 heterocycles. The summed E-state index contributed by atoms with van der Waals surface area (Å²) in [6, 6.07) is 13.6. The molecule has 1 aliphatic rings. The van der Waals surface area contributed by atoms with E-state index < -0.39 is 5.25 Å². The first-order chi connectivity index (χ1) is 15.5. The third kappa shape index (κ3) is 5.23.